The molecule has 0 radical (unpaired) electrons. The highest BCUT2D eigenvalue weighted by Gasteiger charge is 2.16. The number of hydrogen-bond acceptors (Lipinski definition) is 3. The summed E-state index contributed by atoms with van der Waals surface area (Å²) in [6.07, 6.45) is 6.08. The molecular formula is C16H24BrNO2. The summed E-state index contributed by atoms with van der Waals surface area (Å²) >= 11 is 3.47. The molecule has 1 aliphatic rings. The van der Waals surface area contributed by atoms with Crippen LogP contribution >= 0.6 is 15.9 Å². The monoisotopic (exact) mass is 341 g/mol. The lowest BCUT2D eigenvalue weighted by Gasteiger charge is -2.24. The first-order chi connectivity index (χ1) is 9.70. The summed E-state index contributed by atoms with van der Waals surface area (Å²) in [5, 5.41) is 13.5. The maximum atomic E-state index is 10.00. The predicted molar refractivity (Wildman–Crippen MR) is 85.0 cm³/mol. The first kappa shape index (κ1) is 15.8. The van der Waals surface area contributed by atoms with E-state index < -0.39 is 0 Å². The minimum absolute atomic E-state index is 0.191. The summed E-state index contributed by atoms with van der Waals surface area (Å²) in [5.41, 5.74) is 0.964. The summed E-state index contributed by atoms with van der Waals surface area (Å²) < 4.78 is 6.75. The van der Waals surface area contributed by atoms with E-state index in [4.69, 9.17) is 4.74 Å². The minimum Gasteiger partial charge on any atom is -0.508 e. The molecule has 4 heteroatoms. The topological polar surface area (TPSA) is 41.5 Å². The largest absolute Gasteiger partial charge is 0.508 e. The normalized spacial score (nSPS) is 20.8. The molecule has 112 valence electrons. The SMILES string of the molecule is CCC(NCCC1CCCCO1)c1cc(Br)ccc1O. The standard InChI is InChI=1S/C16H24BrNO2/c1-2-15(14-11-12(17)6-7-16(14)19)18-9-8-13-5-3-4-10-20-13/h6-7,11,13,15,18-19H,2-5,8-10H2,1H3. The molecule has 0 aromatic heterocycles. The zero-order chi connectivity index (χ0) is 14.4. The summed E-state index contributed by atoms with van der Waals surface area (Å²) in [5.74, 6) is 0.362. The summed E-state index contributed by atoms with van der Waals surface area (Å²) in [6, 6.07) is 5.79. The summed E-state index contributed by atoms with van der Waals surface area (Å²) in [4.78, 5) is 0. The Hall–Kier alpha value is -0.580. The van der Waals surface area contributed by atoms with E-state index >= 15 is 0 Å². The molecule has 1 fully saturated rings. The van der Waals surface area contributed by atoms with Crippen LogP contribution < -0.4 is 5.32 Å². The van der Waals surface area contributed by atoms with E-state index in [9.17, 15) is 5.11 Å². The molecule has 1 aliphatic heterocycles. The highest BCUT2D eigenvalue weighted by atomic mass is 79.9. The van der Waals surface area contributed by atoms with Crippen molar-refractivity contribution in [2.75, 3.05) is 13.2 Å². The molecule has 0 aliphatic carbocycles. The average Bonchev–Trinajstić information content (AvgIpc) is 2.48. The molecule has 0 amide bonds. The number of aromatic hydroxyl groups is 1. The van der Waals surface area contributed by atoms with Gasteiger partial charge < -0.3 is 15.2 Å². The number of hydrogen-bond donors (Lipinski definition) is 2. The molecule has 2 rings (SSSR count). The van der Waals surface area contributed by atoms with Crippen LogP contribution in [0.3, 0.4) is 0 Å². The van der Waals surface area contributed by atoms with Gasteiger partial charge in [-0.25, -0.2) is 0 Å². The molecule has 1 aromatic carbocycles. The van der Waals surface area contributed by atoms with Crippen molar-refractivity contribution in [3.8, 4) is 5.75 Å². The molecule has 2 unspecified atom stereocenters. The molecule has 2 N–H and O–H groups in total. The Labute approximate surface area is 129 Å². The number of rotatable bonds is 6. The third-order valence-electron chi connectivity index (χ3n) is 3.90. The van der Waals surface area contributed by atoms with Gasteiger partial charge in [0.1, 0.15) is 5.75 Å². The van der Waals surface area contributed by atoms with Crippen molar-refractivity contribution in [1.82, 2.24) is 5.32 Å². The van der Waals surface area contributed by atoms with E-state index in [2.05, 4.69) is 28.2 Å². The van der Waals surface area contributed by atoms with Gasteiger partial charge in [0.15, 0.2) is 0 Å². The summed E-state index contributed by atoms with van der Waals surface area (Å²) in [7, 11) is 0. The van der Waals surface area contributed by atoms with E-state index in [1.54, 1.807) is 6.07 Å². The molecule has 20 heavy (non-hydrogen) atoms. The third kappa shape index (κ3) is 4.47. The lowest BCUT2D eigenvalue weighted by atomic mass is 10.0. The third-order valence-corrected chi connectivity index (χ3v) is 4.40. The zero-order valence-corrected chi connectivity index (χ0v) is 13.7. The fourth-order valence-electron chi connectivity index (χ4n) is 2.73. The number of phenolic OH excluding ortho intramolecular Hbond substituents is 1. The molecule has 0 bridgehead atoms. The van der Waals surface area contributed by atoms with Crippen LogP contribution in [-0.2, 0) is 4.74 Å². The van der Waals surface area contributed by atoms with E-state index in [-0.39, 0.29) is 6.04 Å². The van der Waals surface area contributed by atoms with Gasteiger partial charge in [-0.2, -0.15) is 0 Å². The fraction of sp³-hybridized carbons (Fsp3) is 0.625. The minimum atomic E-state index is 0.191. The predicted octanol–water partition coefficient (Wildman–Crippen LogP) is 4.15. The Morgan fingerprint density at radius 3 is 3.00 bits per heavy atom. The quantitative estimate of drug-likeness (QED) is 0.816. The van der Waals surface area contributed by atoms with E-state index in [1.165, 1.54) is 19.3 Å². The van der Waals surface area contributed by atoms with Gasteiger partial charge in [-0.15, -0.1) is 0 Å². The maximum Gasteiger partial charge on any atom is 0.120 e. The van der Waals surface area contributed by atoms with E-state index in [0.717, 1.165) is 36.0 Å². The lowest BCUT2D eigenvalue weighted by molar-refractivity contribution is 0.0111. The van der Waals surface area contributed by atoms with Crippen LogP contribution in [0.25, 0.3) is 0 Å². The zero-order valence-electron chi connectivity index (χ0n) is 12.1. The Balaban J connectivity index is 1.86. The molecule has 1 heterocycles. The van der Waals surface area contributed by atoms with Crippen molar-refractivity contribution in [2.24, 2.45) is 0 Å². The molecular weight excluding hydrogens is 318 g/mol. The Bertz CT molecular complexity index is 419. The van der Waals surface area contributed by atoms with Crippen LogP contribution in [0.15, 0.2) is 22.7 Å². The van der Waals surface area contributed by atoms with Crippen LogP contribution in [0.4, 0.5) is 0 Å². The van der Waals surface area contributed by atoms with Gasteiger partial charge in [-0.05, 0) is 56.8 Å². The molecule has 0 saturated carbocycles. The van der Waals surface area contributed by atoms with Crippen LogP contribution in [0.5, 0.6) is 5.75 Å². The Morgan fingerprint density at radius 1 is 1.45 bits per heavy atom. The second kappa shape index (κ2) is 8.01. The molecule has 2 atom stereocenters. The smallest absolute Gasteiger partial charge is 0.120 e. The molecule has 1 aromatic rings. The molecule has 3 nitrogen and oxygen atoms in total. The summed E-state index contributed by atoms with van der Waals surface area (Å²) in [6.45, 7) is 3.97. The number of benzene rings is 1. The van der Waals surface area contributed by atoms with E-state index in [0.29, 0.717) is 11.9 Å². The fourth-order valence-corrected chi connectivity index (χ4v) is 3.11. The first-order valence-electron chi connectivity index (χ1n) is 7.54. The Morgan fingerprint density at radius 2 is 2.30 bits per heavy atom. The number of nitrogens with one attached hydrogen (secondary N) is 1. The van der Waals surface area contributed by atoms with E-state index in [1.807, 2.05) is 12.1 Å². The van der Waals surface area contributed by atoms with Crippen molar-refractivity contribution in [3.05, 3.63) is 28.2 Å². The number of halogens is 1. The van der Waals surface area contributed by atoms with Gasteiger partial charge in [0.05, 0.1) is 6.10 Å². The van der Waals surface area contributed by atoms with Gasteiger partial charge in [0, 0.05) is 22.7 Å². The van der Waals surface area contributed by atoms with Crippen molar-refractivity contribution in [3.63, 3.8) is 0 Å². The van der Waals surface area contributed by atoms with Crippen LogP contribution in [0.2, 0.25) is 0 Å². The lowest BCUT2D eigenvalue weighted by Crippen LogP contribution is -2.28. The second-order valence-corrected chi connectivity index (χ2v) is 6.31. The number of phenols is 1. The highest BCUT2D eigenvalue weighted by Crippen LogP contribution is 2.29. The first-order valence-corrected chi connectivity index (χ1v) is 8.33. The van der Waals surface area contributed by atoms with Crippen molar-refractivity contribution in [1.29, 1.82) is 0 Å². The average molecular weight is 342 g/mol. The maximum absolute atomic E-state index is 10.00. The van der Waals surface area contributed by atoms with Crippen molar-refractivity contribution < 1.29 is 9.84 Å². The van der Waals surface area contributed by atoms with Crippen molar-refractivity contribution in [2.45, 2.75) is 51.2 Å². The highest BCUT2D eigenvalue weighted by molar-refractivity contribution is 9.10. The van der Waals surface area contributed by atoms with Gasteiger partial charge in [-0.3, -0.25) is 0 Å². The number of ether oxygens (including phenoxy) is 1. The molecule has 1 saturated heterocycles. The van der Waals surface area contributed by atoms with Gasteiger partial charge in [0.2, 0.25) is 0 Å². The van der Waals surface area contributed by atoms with Gasteiger partial charge in [-0.1, -0.05) is 22.9 Å². The second-order valence-electron chi connectivity index (χ2n) is 5.40. The van der Waals surface area contributed by atoms with Gasteiger partial charge in [0.25, 0.3) is 0 Å². The van der Waals surface area contributed by atoms with Gasteiger partial charge >= 0.3 is 0 Å². The van der Waals surface area contributed by atoms with Crippen LogP contribution in [-0.4, -0.2) is 24.4 Å². The van der Waals surface area contributed by atoms with Crippen LogP contribution in [0.1, 0.15) is 50.6 Å². The van der Waals surface area contributed by atoms with Crippen LogP contribution in [0, 0.1) is 0 Å². The Kier molecular flexibility index (Phi) is 6.33. The van der Waals surface area contributed by atoms with Crippen molar-refractivity contribution >= 4 is 15.9 Å². The molecule has 0 spiro atoms.